The normalized spacial score (nSPS) is 11.9. The molecule has 0 aliphatic rings. The molecular formula is C22H25N3O2S. The number of nitrogens with zero attached hydrogens (tertiary/aromatic N) is 1. The standard InChI is InChI=1S/C22H25N3O2S/c1-16-6-5-7-18(14-16)24-21-13-10-19(15-23-21)25-28(26,27)20-11-8-17(9-12-20)22(2,3)4/h5-15,25H,1-4H3,(H,23,24). The van der Waals surface area contributed by atoms with Crippen molar-refractivity contribution in [3.63, 3.8) is 0 Å². The highest BCUT2D eigenvalue weighted by Crippen LogP contribution is 2.24. The Morgan fingerprint density at radius 2 is 1.61 bits per heavy atom. The number of hydrogen-bond acceptors (Lipinski definition) is 4. The van der Waals surface area contributed by atoms with E-state index in [1.807, 2.05) is 43.3 Å². The van der Waals surface area contributed by atoms with Gasteiger partial charge in [-0.15, -0.1) is 0 Å². The molecule has 1 aromatic heterocycles. The predicted octanol–water partition coefficient (Wildman–Crippen LogP) is 5.23. The lowest BCUT2D eigenvalue weighted by Gasteiger charge is -2.19. The first-order chi connectivity index (χ1) is 13.1. The van der Waals surface area contributed by atoms with E-state index in [2.05, 4.69) is 35.8 Å². The first kappa shape index (κ1) is 19.9. The summed E-state index contributed by atoms with van der Waals surface area (Å²) in [6.07, 6.45) is 1.50. The van der Waals surface area contributed by atoms with Crippen LogP contribution in [0.3, 0.4) is 0 Å². The van der Waals surface area contributed by atoms with Crippen molar-refractivity contribution in [2.24, 2.45) is 0 Å². The van der Waals surface area contributed by atoms with Crippen LogP contribution in [0.2, 0.25) is 0 Å². The van der Waals surface area contributed by atoms with Gasteiger partial charge in [0.25, 0.3) is 10.0 Å². The molecule has 5 nitrogen and oxygen atoms in total. The highest BCUT2D eigenvalue weighted by atomic mass is 32.2. The van der Waals surface area contributed by atoms with Gasteiger partial charge in [-0.1, -0.05) is 45.0 Å². The number of rotatable bonds is 5. The second kappa shape index (κ2) is 7.64. The molecule has 146 valence electrons. The molecule has 6 heteroatoms. The molecule has 0 fully saturated rings. The van der Waals surface area contributed by atoms with Crippen LogP contribution in [0.15, 0.2) is 71.8 Å². The van der Waals surface area contributed by atoms with Gasteiger partial charge in [0.05, 0.1) is 16.8 Å². The number of nitrogens with one attached hydrogen (secondary N) is 2. The van der Waals surface area contributed by atoms with E-state index >= 15 is 0 Å². The molecule has 0 bridgehead atoms. The molecule has 0 amide bonds. The van der Waals surface area contributed by atoms with E-state index in [1.165, 1.54) is 6.20 Å². The zero-order valence-electron chi connectivity index (χ0n) is 16.5. The summed E-state index contributed by atoms with van der Waals surface area (Å²) in [5.41, 5.74) is 3.54. The lowest BCUT2D eigenvalue weighted by atomic mass is 9.87. The van der Waals surface area contributed by atoms with Gasteiger partial charge in [-0.05, 0) is 59.9 Å². The van der Waals surface area contributed by atoms with E-state index in [9.17, 15) is 8.42 Å². The van der Waals surface area contributed by atoms with E-state index in [1.54, 1.807) is 24.3 Å². The van der Waals surface area contributed by atoms with Crippen LogP contribution < -0.4 is 10.0 Å². The monoisotopic (exact) mass is 395 g/mol. The minimum Gasteiger partial charge on any atom is -0.340 e. The average molecular weight is 396 g/mol. The van der Waals surface area contributed by atoms with Gasteiger partial charge in [-0.2, -0.15) is 0 Å². The van der Waals surface area contributed by atoms with Gasteiger partial charge >= 0.3 is 0 Å². The lowest BCUT2D eigenvalue weighted by Crippen LogP contribution is -2.15. The third-order valence-corrected chi connectivity index (χ3v) is 5.73. The lowest BCUT2D eigenvalue weighted by molar-refractivity contribution is 0.587. The molecule has 3 aromatic rings. The quantitative estimate of drug-likeness (QED) is 0.620. The van der Waals surface area contributed by atoms with Gasteiger partial charge in [0, 0.05) is 5.69 Å². The highest BCUT2D eigenvalue weighted by molar-refractivity contribution is 7.92. The number of sulfonamides is 1. The van der Waals surface area contributed by atoms with Gasteiger partial charge in [-0.25, -0.2) is 13.4 Å². The Balaban J connectivity index is 1.72. The topological polar surface area (TPSA) is 71.1 Å². The maximum Gasteiger partial charge on any atom is 0.261 e. The van der Waals surface area contributed by atoms with Crippen molar-refractivity contribution in [3.05, 3.63) is 78.0 Å². The summed E-state index contributed by atoms with van der Waals surface area (Å²) in [4.78, 5) is 4.51. The van der Waals surface area contributed by atoms with Crippen LogP contribution in [0.1, 0.15) is 31.9 Å². The molecule has 2 N–H and O–H groups in total. The summed E-state index contributed by atoms with van der Waals surface area (Å²) < 4.78 is 27.8. The van der Waals surface area contributed by atoms with E-state index in [4.69, 9.17) is 0 Å². The van der Waals surface area contributed by atoms with E-state index in [0.717, 1.165) is 16.8 Å². The van der Waals surface area contributed by atoms with Gasteiger partial charge in [0.15, 0.2) is 0 Å². The molecule has 0 atom stereocenters. The van der Waals surface area contributed by atoms with Crippen molar-refractivity contribution >= 4 is 27.2 Å². The Hall–Kier alpha value is -2.86. The van der Waals surface area contributed by atoms with Crippen LogP contribution in [0.5, 0.6) is 0 Å². The summed E-state index contributed by atoms with van der Waals surface area (Å²) in [6.45, 7) is 8.29. The third-order valence-electron chi connectivity index (χ3n) is 4.34. The minimum absolute atomic E-state index is 0.0280. The Labute approximate surface area is 166 Å². The maximum absolute atomic E-state index is 12.6. The van der Waals surface area contributed by atoms with Crippen molar-refractivity contribution < 1.29 is 8.42 Å². The molecule has 0 aliphatic heterocycles. The molecule has 3 rings (SSSR count). The zero-order chi connectivity index (χ0) is 20.4. The second-order valence-corrected chi connectivity index (χ2v) is 9.49. The molecule has 28 heavy (non-hydrogen) atoms. The van der Waals surface area contributed by atoms with Gasteiger partial charge in [0.1, 0.15) is 5.82 Å². The molecule has 0 saturated heterocycles. The third kappa shape index (κ3) is 4.89. The van der Waals surface area contributed by atoms with Crippen molar-refractivity contribution in [2.75, 3.05) is 10.0 Å². The summed E-state index contributed by atoms with van der Waals surface area (Å²) in [5, 5.41) is 3.20. The predicted molar refractivity (Wildman–Crippen MR) is 115 cm³/mol. The molecular weight excluding hydrogens is 370 g/mol. The first-order valence-corrected chi connectivity index (χ1v) is 10.5. The van der Waals surface area contributed by atoms with Gasteiger partial charge in [0.2, 0.25) is 0 Å². The minimum atomic E-state index is -3.66. The fraction of sp³-hybridized carbons (Fsp3) is 0.227. The molecule has 2 aromatic carbocycles. The van der Waals surface area contributed by atoms with Crippen LogP contribution in [0.4, 0.5) is 17.2 Å². The van der Waals surface area contributed by atoms with Crippen LogP contribution in [-0.4, -0.2) is 13.4 Å². The van der Waals surface area contributed by atoms with E-state index in [-0.39, 0.29) is 10.3 Å². The highest BCUT2D eigenvalue weighted by Gasteiger charge is 2.17. The summed E-state index contributed by atoms with van der Waals surface area (Å²) >= 11 is 0. The fourth-order valence-corrected chi connectivity index (χ4v) is 3.79. The first-order valence-electron chi connectivity index (χ1n) is 9.07. The number of pyridine rings is 1. The SMILES string of the molecule is Cc1cccc(Nc2ccc(NS(=O)(=O)c3ccc(C(C)(C)C)cc3)cn2)c1. The second-order valence-electron chi connectivity index (χ2n) is 7.81. The van der Waals surface area contributed by atoms with Crippen molar-refractivity contribution in [2.45, 2.75) is 38.0 Å². The molecule has 0 radical (unpaired) electrons. The Morgan fingerprint density at radius 3 is 2.18 bits per heavy atom. The smallest absolute Gasteiger partial charge is 0.261 e. The molecule has 0 saturated carbocycles. The average Bonchev–Trinajstić information content (AvgIpc) is 2.63. The summed E-state index contributed by atoms with van der Waals surface area (Å²) in [5.74, 6) is 0.642. The number of hydrogen-bond donors (Lipinski definition) is 2. The fourth-order valence-electron chi connectivity index (χ4n) is 2.75. The van der Waals surface area contributed by atoms with Crippen molar-refractivity contribution in [1.29, 1.82) is 0 Å². The van der Waals surface area contributed by atoms with Crippen LogP contribution in [-0.2, 0) is 15.4 Å². The van der Waals surface area contributed by atoms with Crippen LogP contribution in [0.25, 0.3) is 0 Å². The molecule has 0 aliphatic carbocycles. The summed E-state index contributed by atoms with van der Waals surface area (Å²) in [6, 6.07) is 18.3. The largest absolute Gasteiger partial charge is 0.340 e. The Bertz CT molecular complexity index is 1050. The maximum atomic E-state index is 12.6. The molecule has 0 spiro atoms. The van der Waals surface area contributed by atoms with Crippen LogP contribution in [0, 0.1) is 6.92 Å². The van der Waals surface area contributed by atoms with Crippen molar-refractivity contribution in [3.8, 4) is 0 Å². The number of aromatic nitrogens is 1. The van der Waals surface area contributed by atoms with E-state index in [0.29, 0.717) is 11.5 Å². The Kier molecular flexibility index (Phi) is 5.42. The van der Waals surface area contributed by atoms with Gasteiger partial charge < -0.3 is 5.32 Å². The van der Waals surface area contributed by atoms with E-state index < -0.39 is 10.0 Å². The van der Waals surface area contributed by atoms with Crippen molar-refractivity contribution in [1.82, 2.24) is 4.98 Å². The Morgan fingerprint density at radius 1 is 0.893 bits per heavy atom. The van der Waals surface area contributed by atoms with Gasteiger partial charge in [-0.3, -0.25) is 4.72 Å². The molecule has 1 heterocycles. The molecule has 0 unspecified atom stereocenters. The number of aryl methyl sites for hydroxylation is 1. The summed E-state index contributed by atoms with van der Waals surface area (Å²) in [7, 11) is -3.66. The van der Waals surface area contributed by atoms with Crippen LogP contribution >= 0.6 is 0 Å². The number of benzene rings is 2. The number of anilines is 3. The zero-order valence-corrected chi connectivity index (χ0v) is 17.3.